The van der Waals surface area contributed by atoms with Crippen LogP contribution >= 0.6 is 0 Å². The lowest BCUT2D eigenvalue weighted by Crippen LogP contribution is -2.21. The van der Waals surface area contributed by atoms with Crippen molar-refractivity contribution in [1.82, 2.24) is 0 Å². The van der Waals surface area contributed by atoms with Gasteiger partial charge in [0.2, 0.25) is 0 Å². The van der Waals surface area contributed by atoms with Gasteiger partial charge in [0.05, 0.1) is 0 Å². The number of carbonyl (C=O) groups is 1. The van der Waals surface area contributed by atoms with E-state index in [1.54, 1.807) is 0 Å². The summed E-state index contributed by atoms with van der Waals surface area (Å²) >= 11 is 0. The zero-order valence-electron chi connectivity index (χ0n) is 12.9. The standard InChI is InChI=1S/C18H26O2/c1-18(2,3)15-10-8-13(9-11-15)16-7-5-4-6-14(16)12-17(19)20/h8-11,14,16H,4-7,12H2,1-3H3,(H,19,20). The smallest absolute Gasteiger partial charge is 0.303 e. The summed E-state index contributed by atoms with van der Waals surface area (Å²) in [6, 6.07) is 8.85. The largest absolute Gasteiger partial charge is 0.481 e. The first-order chi connectivity index (χ1) is 9.38. The molecule has 1 aromatic carbocycles. The lowest BCUT2D eigenvalue weighted by molar-refractivity contribution is -0.138. The van der Waals surface area contributed by atoms with Crippen molar-refractivity contribution in [2.45, 2.75) is 64.2 Å². The number of hydrogen-bond donors (Lipinski definition) is 1. The zero-order valence-corrected chi connectivity index (χ0v) is 12.9. The molecule has 0 aliphatic heterocycles. The fourth-order valence-corrected chi connectivity index (χ4v) is 3.35. The van der Waals surface area contributed by atoms with Crippen molar-refractivity contribution in [3.05, 3.63) is 35.4 Å². The maximum atomic E-state index is 11.0. The fraction of sp³-hybridized carbons (Fsp3) is 0.611. The van der Waals surface area contributed by atoms with Crippen LogP contribution in [0.2, 0.25) is 0 Å². The van der Waals surface area contributed by atoms with Gasteiger partial charge in [0.1, 0.15) is 0 Å². The molecule has 1 aliphatic carbocycles. The first kappa shape index (κ1) is 15.1. The minimum Gasteiger partial charge on any atom is -0.481 e. The van der Waals surface area contributed by atoms with E-state index in [2.05, 4.69) is 45.0 Å². The average molecular weight is 274 g/mol. The lowest BCUT2D eigenvalue weighted by Gasteiger charge is -2.31. The Morgan fingerprint density at radius 1 is 1.15 bits per heavy atom. The van der Waals surface area contributed by atoms with E-state index in [-0.39, 0.29) is 5.41 Å². The first-order valence-electron chi connectivity index (χ1n) is 7.70. The molecule has 2 atom stereocenters. The average Bonchev–Trinajstić information content (AvgIpc) is 2.38. The summed E-state index contributed by atoms with van der Waals surface area (Å²) in [5.74, 6) is 0.0730. The van der Waals surface area contributed by atoms with E-state index < -0.39 is 5.97 Å². The highest BCUT2D eigenvalue weighted by molar-refractivity contribution is 5.67. The zero-order chi connectivity index (χ0) is 14.8. The van der Waals surface area contributed by atoms with Crippen LogP contribution in [0.4, 0.5) is 0 Å². The number of carboxylic acids is 1. The van der Waals surface area contributed by atoms with Gasteiger partial charge in [0.15, 0.2) is 0 Å². The Labute approximate surface area is 122 Å². The molecule has 1 saturated carbocycles. The van der Waals surface area contributed by atoms with Crippen LogP contribution in [-0.4, -0.2) is 11.1 Å². The van der Waals surface area contributed by atoms with Crippen molar-refractivity contribution >= 4 is 5.97 Å². The lowest BCUT2D eigenvalue weighted by atomic mass is 9.73. The monoisotopic (exact) mass is 274 g/mol. The van der Waals surface area contributed by atoms with Gasteiger partial charge in [-0.15, -0.1) is 0 Å². The first-order valence-corrected chi connectivity index (χ1v) is 7.70. The Kier molecular flexibility index (Phi) is 4.52. The van der Waals surface area contributed by atoms with Gasteiger partial charge in [-0.1, -0.05) is 57.9 Å². The van der Waals surface area contributed by atoms with Gasteiger partial charge in [-0.25, -0.2) is 0 Å². The molecule has 110 valence electrons. The van der Waals surface area contributed by atoms with Crippen LogP contribution in [0, 0.1) is 5.92 Å². The van der Waals surface area contributed by atoms with E-state index in [1.807, 2.05) is 0 Å². The predicted molar refractivity (Wildman–Crippen MR) is 82.1 cm³/mol. The van der Waals surface area contributed by atoms with Crippen LogP contribution in [0.1, 0.15) is 69.9 Å². The van der Waals surface area contributed by atoms with Gasteiger partial charge in [-0.3, -0.25) is 4.79 Å². The summed E-state index contributed by atoms with van der Waals surface area (Å²) in [5, 5.41) is 9.08. The minimum atomic E-state index is -0.659. The summed E-state index contributed by atoms with van der Waals surface area (Å²) in [5.41, 5.74) is 2.83. The third kappa shape index (κ3) is 3.62. The summed E-state index contributed by atoms with van der Waals surface area (Å²) in [6.07, 6.45) is 4.90. The van der Waals surface area contributed by atoms with Crippen LogP contribution in [0.15, 0.2) is 24.3 Å². The molecule has 2 rings (SSSR count). The maximum Gasteiger partial charge on any atom is 0.303 e. The van der Waals surface area contributed by atoms with E-state index in [9.17, 15) is 4.79 Å². The third-order valence-corrected chi connectivity index (χ3v) is 4.55. The van der Waals surface area contributed by atoms with Gasteiger partial charge in [0.25, 0.3) is 0 Å². The molecule has 1 aromatic rings. The fourth-order valence-electron chi connectivity index (χ4n) is 3.35. The normalized spacial score (nSPS) is 23.6. The van der Waals surface area contributed by atoms with Gasteiger partial charge in [-0.05, 0) is 41.2 Å². The van der Waals surface area contributed by atoms with Crippen molar-refractivity contribution in [2.24, 2.45) is 5.92 Å². The molecule has 0 bridgehead atoms. The van der Waals surface area contributed by atoms with E-state index >= 15 is 0 Å². The number of aliphatic carboxylic acids is 1. The highest BCUT2D eigenvalue weighted by atomic mass is 16.4. The molecule has 0 aromatic heterocycles. The van der Waals surface area contributed by atoms with Crippen molar-refractivity contribution in [3.63, 3.8) is 0 Å². The summed E-state index contributed by atoms with van der Waals surface area (Å²) in [4.78, 5) is 11.0. The Morgan fingerprint density at radius 2 is 1.75 bits per heavy atom. The van der Waals surface area contributed by atoms with Crippen LogP contribution in [0.25, 0.3) is 0 Å². The van der Waals surface area contributed by atoms with E-state index in [4.69, 9.17) is 5.11 Å². The Balaban J connectivity index is 2.17. The topological polar surface area (TPSA) is 37.3 Å². The molecule has 0 amide bonds. The van der Waals surface area contributed by atoms with E-state index in [0.29, 0.717) is 18.3 Å². The van der Waals surface area contributed by atoms with Gasteiger partial charge in [-0.2, -0.15) is 0 Å². The van der Waals surface area contributed by atoms with E-state index in [0.717, 1.165) is 12.8 Å². The number of benzene rings is 1. The highest BCUT2D eigenvalue weighted by Gasteiger charge is 2.28. The molecule has 0 heterocycles. The molecule has 1 fully saturated rings. The minimum absolute atomic E-state index is 0.172. The summed E-state index contributed by atoms with van der Waals surface area (Å²) in [7, 11) is 0. The second-order valence-corrected chi connectivity index (χ2v) is 7.12. The van der Waals surface area contributed by atoms with Crippen molar-refractivity contribution < 1.29 is 9.90 Å². The number of hydrogen-bond acceptors (Lipinski definition) is 1. The van der Waals surface area contributed by atoms with Crippen LogP contribution in [0.5, 0.6) is 0 Å². The molecule has 1 aliphatic rings. The van der Waals surface area contributed by atoms with Gasteiger partial charge in [0, 0.05) is 6.42 Å². The molecule has 0 saturated heterocycles. The Hall–Kier alpha value is -1.31. The molecule has 0 spiro atoms. The molecule has 1 N–H and O–H groups in total. The molecule has 20 heavy (non-hydrogen) atoms. The molecular weight excluding hydrogens is 248 g/mol. The SMILES string of the molecule is CC(C)(C)c1ccc(C2CCCCC2CC(=O)O)cc1. The molecular formula is C18H26O2. The number of carboxylic acid groups (broad SMARTS) is 1. The van der Waals surface area contributed by atoms with E-state index in [1.165, 1.54) is 24.0 Å². The summed E-state index contributed by atoms with van der Waals surface area (Å²) in [6.45, 7) is 6.65. The van der Waals surface area contributed by atoms with Crippen LogP contribution < -0.4 is 0 Å². The number of rotatable bonds is 3. The van der Waals surface area contributed by atoms with Crippen molar-refractivity contribution in [2.75, 3.05) is 0 Å². The third-order valence-electron chi connectivity index (χ3n) is 4.55. The maximum absolute atomic E-state index is 11.0. The quantitative estimate of drug-likeness (QED) is 0.865. The molecule has 2 heteroatoms. The van der Waals surface area contributed by atoms with Crippen LogP contribution in [0.3, 0.4) is 0 Å². The van der Waals surface area contributed by atoms with Crippen LogP contribution in [-0.2, 0) is 10.2 Å². The second-order valence-electron chi connectivity index (χ2n) is 7.12. The second kappa shape index (κ2) is 5.99. The molecule has 0 radical (unpaired) electrons. The highest BCUT2D eigenvalue weighted by Crippen LogP contribution is 2.40. The van der Waals surface area contributed by atoms with Crippen molar-refractivity contribution in [1.29, 1.82) is 0 Å². The summed E-state index contributed by atoms with van der Waals surface area (Å²) < 4.78 is 0. The Morgan fingerprint density at radius 3 is 2.30 bits per heavy atom. The van der Waals surface area contributed by atoms with Gasteiger partial charge < -0.3 is 5.11 Å². The molecule has 2 nitrogen and oxygen atoms in total. The van der Waals surface area contributed by atoms with Crippen molar-refractivity contribution in [3.8, 4) is 0 Å². The Bertz CT molecular complexity index is 453. The molecule has 2 unspecified atom stereocenters. The predicted octanol–water partition coefficient (Wildman–Crippen LogP) is 4.73. The van der Waals surface area contributed by atoms with Gasteiger partial charge >= 0.3 is 5.97 Å².